The van der Waals surface area contributed by atoms with Crippen molar-refractivity contribution < 1.29 is 27.8 Å². The van der Waals surface area contributed by atoms with Crippen molar-refractivity contribution in [2.75, 3.05) is 45.7 Å². The van der Waals surface area contributed by atoms with Crippen molar-refractivity contribution >= 4 is 22.9 Å². The van der Waals surface area contributed by atoms with Gasteiger partial charge in [-0.15, -0.1) is 0 Å². The Balaban J connectivity index is 1.37. The van der Waals surface area contributed by atoms with Crippen LogP contribution >= 0.6 is 0 Å². The highest BCUT2D eigenvalue weighted by atomic mass is 19.1. The third-order valence-corrected chi connectivity index (χ3v) is 6.30. The number of fused-ring (bicyclic) bond motifs is 1. The molecule has 39 heavy (non-hydrogen) atoms. The first-order valence-corrected chi connectivity index (χ1v) is 12.2. The molecule has 2 aromatic heterocycles. The number of aromatic nitrogens is 3. The molecule has 0 aliphatic carbocycles. The summed E-state index contributed by atoms with van der Waals surface area (Å²) in [6.45, 7) is 4.61. The van der Waals surface area contributed by atoms with Crippen molar-refractivity contribution in [3.05, 3.63) is 66.1 Å². The molecule has 12 heteroatoms. The van der Waals surface area contributed by atoms with Crippen LogP contribution < -0.4 is 24.8 Å². The van der Waals surface area contributed by atoms with Gasteiger partial charge in [0.2, 0.25) is 0 Å². The molecule has 0 bridgehead atoms. The van der Waals surface area contributed by atoms with Gasteiger partial charge in [-0.1, -0.05) is 6.07 Å². The van der Waals surface area contributed by atoms with Gasteiger partial charge in [0.15, 0.2) is 28.9 Å². The summed E-state index contributed by atoms with van der Waals surface area (Å²) in [5.74, 6) is -1.91. The number of pyridine rings is 1. The van der Waals surface area contributed by atoms with E-state index in [9.17, 15) is 4.79 Å². The van der Waals surface area contributed by atoms with Gasteiger partial charge in [0.1, 0.15) is 16.9 Å². The fraction of sp³-hybridized carbons (Fsp3) is 0.259. The zero-order valence-electron chi connectivity index (χ0n) is 21.3. The number of nitrogens with zero attached hydrogens (tertiary/aromatic N) is 4. The van der Waals surface area contributed by atoms with Crippen LogP contribution in [-0.2, 0) is 6.54 Å². The average Bonchev–Trinajstić information content (AvgIpc) is 2.96. The lowest BCUT2D eigenvalue weighted by molar-refractivity contribution is 0.215. The number of hydrogen-bond acceptors (Lipinski definition) is 9. The zero-order valence-corrected chi connectivity index (χ0v) is 21.3. The number of ether oxygens (including phenoxy) is 3. The van der Waals surface area contributed by atoms with Crippen LogP contribution in [0.2, 0.25) is 0 Å². The second-order valence-electron chi connectivity index (χ2n) is 8.74. The Morgan fingerprint density at radius 1 is 0.949 bits per heavy atom. The molecule has 2 N–H and O–H groups in total. The van der Waals surface area contributed by atoms with Crippen LogP contribution in [-0.4, -0.2) is 66.3 Å². The summed E-state index contributed by atoms with van der Waals surface area (Å²) in [5, 5.41) is 5.90. The maximum absolute atomic E-state index is 15.2. The second kappa shape index (κ2) is 11.5. The van der Waals surface area contributed by atoms with E-state index >= 15 is 8.78 Å². The minimum Gasteiger partial charge on any atom is -0.494 e. The van der Waals surface area contributed by atoms with E-state index in [1.807, 2.05) is 6.07 Å². The predicted molar refractivity (Wildman–Crippen MR) is 140 cm³/mol. The molecule has 202 valence electrons. The Bertz CT molecular complexity index is 1470. The van der Waals surface area contributed by atoms with Gasteiger partial charge < -0.3 is 19.5 Å². The van der Waals surface area contributed by atoms with Gasteiger partial charge in [0.25, 0.3) is 0 Å². The number of hydrogen-bond donors (Lipinski definition) is 2. The number of amides is 1. The van der Waals surface area contributed by atoms with Crippen LogP contribution in [0.25, 0.3) is 22.2 Å². The van der Waals surface area contributed by atoms with Gasteiger partial charge in [-0.25, -0.2) is 23.5 Å². The normalized spacial score (nSPS) is 13.7. The molecular formula is C27H26F2N6O4. The molecule has 0 radical (unpaired) electrons. The maximum Gasteiger partial charge on any atom is 0.418 e. The smallest absolute Gasteiger partial charge is 0.418 e. The summed E-state index contributed by atoms with van der Waals surface area (Å²) in [6.07, 6.45) is 3.65. The lowest BCUT2D eigenvalue weighted by atomic mass is 10.0. The summed E-state index contributed by atoms with van der Waals surface area (Å²) < 4.78 is 46.0. The molecule has 0 unspecified atom stereocenters. The van der Waals surface area contributed by atoms with E-state index in [-0.39, 0.29) is 33.8 Å². The van der Waals surface area contributed by atoms with Gasteiger partial charge in [-0.05, 0) is 23.8 Å². The van der Waals surface area contributed by atoms with Gasteiger partial charge in [0, 0.05) is 62.9 Å². The predicted octanol–water partition coefficient (Wildman–Crippen LogP) is 4.00. The number of benzene rings is 2. The first-order valence-electron chi connectivity index (χ1n) is 12.2. The lowest BCUT2D eigenvalue weighted by Gasteiger charge is -2.27. The topological polar surface area (TPSA) is 111 Å². The number of carbonyl (C=O) groups is 1. The van der Waals surface area contributed by atoms with Gasteiger partial charge in [-0.2, -0.15) is 0 Å². The number of piperazine rings is 1. The molecule has 5 rings (SSSR count). The fourth-order valence-electron chi connectivity index (χ4n) is 4.39. The van der Waals surface area contributed by atoms with E-state index in [1.165, 1.54) is 38.7 Å². The van der Waals surface area contributed by atoms with E-state index in [1.54, 1.807) is 12.3 Å². The molecule has 0 spiro atoms. The number of carbonyl (C=O) groups excluding carboxylic acids is 1. The first-order chi connectivity index (χ1) is 19.0. The molecule has 1 aliphatic heterocycles. The highest BCUT2D eigenvalue weighted by Gasteiger charge is 2.25. The highest BCUT2D eigenvalue weighted by molar-refractivity contribution is 5.97. The Morgan fingerprint density at radius 3 is 2.28 bits per heavy atom. The lowest BCUT2D eigenvalue weighted by Crippen LogP contribution is -2.42. The minimum atomic E-state index is -0.930. The van der Waals surface area contributed by atoms with Gasteiger partial charge in [0.05, 0.1) is 19.8 Å². The van der Waals surface area contributed by atoms with Crippen molar-refractivity contribution in [3.63, 3.8) is 0 Å². The third kappa shape index (κ3) is 5.56. The largest absolute Gasteiger partial charge is 0.494 e. The molecular weight excluding hydrogens is 510 g/mol. The van der Waals surface area contributed by atoms with E-state index in [2.05, 4.69) is 30.5 Å². The molecule has 1 saturated heterocycles. The van der Waals surface area contributed by atoms with E-state index in [4.69, 9.17) is 14.2 Å². The summed E-state index contributed by atoms with van der Waals surface area (Å²) in [6, 6.07) is 7.49. The molecule has 3 heterocycles. The molecule has 4 aromatic rings. The van der Waals surface area contributed by atoms with Crippen molar-refractivity contribution in [1.82, 2.24) is 25.2 Å². The summed E-state index contributed by atoms with van der Waals surface area (Å²) in [4.78, 5) is 27.8. The van der Waals surface area contributed by atoms with Crippen LogP contribution in [0.3, 0.4) is 0 Å². The average molecular weight is 537 g/mol. The summed E-state index contributed by atoms with van der Waals surface area (Å²) >= 11 is 0. The molecule has 0 saturated carbocycles. The maximum atomic E-state index is 15.2. The Kier molecular flexibility index (Phi) is 7.75. The number of anilines is 1. The van der Waals surface area contributed by atoms with Crippen molar-refractivity contribution in [2.45, 2.75) is 6.54 Å². The molecule has 1 aliphatic rings. The molecule has 2 aromatic carbocycles. The van der Waals surface area contributed by atoms with E-state index in [0.29, 0.717) is 5.82 Å². The monoisotopic (exact) mass is 536 g/mol. The van der Waals surface area contributed by atoms with E-state index in [0.717, 1.165) is 44.4 Å². The molecule has 1 amide bonds. The van der Waals surface area contributed by atoms with Crippen LogP contribution in [0.4, 0.5) is 19.4 Å². The molecule has 1 fully saturated rings. The van der Waals surface area contributed by atoms with Crippen LogP contribution in [0.5, 0.6) is 17.2 Å². The van der Waals surface area contributed by atoms with E-state index < -0.39 is 23.3 Å². The van der Waals surface area contributed by atoms with Crippen LogP contribution in [0, 0.1) is 11.6 Å². The van der Waals surface area contributed by atoms with Gasteiger partial charge in [-0.3, -0.25) is 15.2 Å². The minimum absolute atomic E-state index is 0.0466. The van der Waals surface area contributed by atoms with Gasteiger partial charge >= 0.3 is 6.09 Å². The quantitative estimate of drug-likeness (QED) is 0.362. The number of rotatable bonds is 7. The second-order valence-corrected chi connectivity index (χ2v) is 8.74. The Hall–Kier alpha value is -4.42. The van der Waals surface area contributed by atoms with Crippen molar-refractivity contribution in [1.29, 1.82) is 0 Å². The zero-order chi connectivity index (χ0) is 27.4. The molecule has 10 nitrogen and oxygen atoms in total. The number of halogens is 2. The highest BCUT2D eigenvalue weighted by Crippen LogP contribution is 2.41. The SMILES string of the molecule is COc1cc(OC)c(F)c(-c2ccc(OC(=O)Nc3ccc(CN4CCNCC4)cn3)c3nccnc23)c1F. The van der Waals surface area contributed by atoms with Crippen LogP contribution in [0.1, 0.15) is 5.56 Å². The Labute approximate surface area is 222 Å². The van der Waals surface area contributed by atoms with Crippen LogP contribution in [0.15, 0.2) is 48.9 Å². The van der Waals surface area contributed by atoms with Crippen molar-refractivity contribution in [2.24, 2.45) is 0 Å². The fourth-order valence-corrected chi connectivity index (χ4v) is 4.39. The first kappa shape index (κ1) is 26.2. The summed E-state index contributed by atoms with van der Waals surface area (Å²) in [7, 11) is 2.53. The van der Waals surface area contributed by atoms with Crippen molar-refractivity contribution in [3.8, 4) is 28.4 Å². The number of nitrogens with one attached hydrogen (secondary N) is 2. The number of methoxy groups -OCH3 is 2. The Morgan fingerprint density at radius 2 is 1.64 bits per heavy atom. The molecule has 0 atom stereocenters. The standard InChI is InChI=1S/C27H26F2N6O4/c1-37-19-13-20(38-2)24(29)22(23(19)28)17-4-5-18(26-25(17)31-7-8-32-26)39-27(36)34-21-6-3-16(14-33-21)15-35-11-9-30-10-12-35/h3-8,13-14,30H,9-12,15H2,1-2H3,(H,33,34,36). The summed E-state index contributed by atoms with van der Waals surface area (Å²) in [5.41, 5.74) is 0.954. The third-order valence-electron chi connectivity index (χ3n) is 6.30.